The smallest absolute Gasteiger partial charge is 0.0468 e. The average Bonchev–Trinajstić information content (AvgIpc) is 2.20. The molecule has 0 spiro atoms. The fourth-order valence-corrected chi connectivity index (χ4v) is 1.24. The molecule has 1 rings (SSSR count). The molecule has 0 saturated carbocycles. The predicted molar refractivity (Wildman–Crippen MR) is 60.4 cm³/mol. The highest BCUT2D eigenvalue weighted by molar-refractivity contribution is 4.55. The summed E-state index contributed by atoms with van der Waals surface area (Å²) in [5.41, 5.74) is 0. The Morgan fingerprint density at radius 1 is 1.36 bits per heavy atom. The minimum atomic E-state index is 0.342. The second-order valence-corrected chi connectivity index (χ2v) is 4.32. The van der Waals surface area contributed by atoms with Gasteiger partial charge in [0.2, 0.25) is 0 Å². The summed E-state index contributed by atoms with van der Waals surface area (Å²) >= 11 is 0. The monoisotopic (exact) mass is 202 g/mol. The van der Waals surface area contributed by atoms with Crippen LogP contribution in [0.2, 0.25) is 0 Å². The maximum absolute atomic E-state index is 8.37. The lowest BCUT2D eigenvalue weighted by molar-refractivity contribution is 0.0716. The molecule has 1 atom stereocenters. The van der Waals surface area contributed by atoms with Gasteiger partial charge in [0, 0.05) is 19.8 Å². The zero-order valence-corrected chi connectivity index (χ0v) is 9.96. The van der Waals surface area contributed by atoms with Crippen LogP contribution < -0.4 is 0 Å². The fourth-order valence-electron chi connectivity index (χ4n) is 1.24. The molecule has 0 amide bonds. The summed E-state index contributed by atoms with van der Waals surface area (Å²) < 4.78 is 5.14. The van der Waals surface area contributed by atoms with Gasteiger partial charge in [-0.05, 0) is 31.1 Å². The molecule has 1 aliphatic rings. The molecule has 1 fully saturated rings. The highest BCUT2D eigenvalue weighted by Gasteiger charge is 2.06. The van der Waals surface area contributed by atoms with Crippen LogP contribution in [0.25, 0.3) is 0 Å². The molecule has 0 aromatic carbocycles. The second-order valence-electron chi connectivity index (χ2n) is 4.32. The highest BCUT2D eigenvalue weighted by Crippen LogP contribution is 2.11. The maximum atomic E-state index is 8.37. The van der Waals surface area contributed by atoms with Crippen molar-refractivity contribution in [3.05, 3.63) is 0 Å². The summed E-state index contributed by atoms with van der Waals surface area (Å²) in [4.78, 5) is 0. The fraction of sp³-hybridized carbons (Fsp3) is 1.00. The van der Waals surface area contributed by atoms with Crippen molar-refractivity contribution in [3.63, 3.8) is 0 Å². The van der Waals surface area contributed by atoms with Gasteiger partial charge in [0.1, 0.15) is 0 Å². The van der Waals surface area contributed by atoms with Crippen LogP contribution in [0.4, 0.5) is 0 Å². The number of aliphatic hydroxyl groups is 1. The minimum absolute atomic E-state index is 0.342. The Labute approximate surface area is 88.7 Å². The lowest BCUT2D eigenvalue weighted by Crippen LogP contribution is -2.12. The van der Waals surface area contributed by atoms with E-state index in [1.807, 2.05) is 0 Å². The van der Waals surface area contributed by atoms with Crippen LogP contribution in [0.3, 0.4) is 0 Å². The van der Waals surface area contributed by atoms with E-state index in [2.05, 4.69) is 20.8 Å². The molecule has 1 unspecified atom stereocenters. The summed E-state index contributed by atoms with van der Waals surface area (Å²) in [6.07, 6.45) is 4.66. The Morgan fingerprint density at radius 2 is 1.93 bits per heavy atom. The van der Waals surface area contributed by atoms with Crippen LogP contribution in [0.15, 0.2) is 0 Å². The number of ether oxygens (including phenoxy) is 1. The molecule has 1 saturated heterocycles. The molecular formula is C12H26O2. The summed E-state index contributed by atoms with van der Waals surface area (Å²) in [5.74, 6) is 1.61. The van der Waals surface area contributed by atoms with E-state index in [-0.39, 0.29) is 0 Å². The molecule has 0 aliphatic carbocycles. The van der Waals surface area contributed by atoms with Crippen molar-refractivity contribution in [1.29, 1.82) is 0 Å². The first-order valence-corrected chi connectivity index (χ1v) is 5.89. The van der Waals surface area contributed by atoms with Crippen molar-refractivity contribution in [2.45, 2.75) is 46.5 Å². The molecule has 2 nitrogen and oxygen atoms in total. The number of hydrogen-bond acceptors (Lipinski definition) is 2. The molecular weight excluding hydrogens is 176 g/mol. The molecule has 0 radical (unpaired) electrons. The Balaban J connectivity index is 0.000000241. The van der Waals surface area contributed by atoms with Gasteiger partial charge in [-0.25, -0.2) is 0 Å². The first-order chi connectivity index (χ1) is 6.70. The summed E-state index contributed by atoms with van der Waals surface area (Å²) in [7, 11) is 0. The van der Waals surface area contributed by atoms with Crippen molar-refractivity contribution in [3.8, 4) is 0 Å². The van der Waals surface area contributed by atoms with Crippen molar-refractivity contribution in [2.24, 2.45) is 11.8 Å². The third kappa shape index (κ3) is 8.52. The molecule has 1 N–H and O–H groups in total. The van der Waals surface area contributed by atoms with E-state index in [0.29, 0.717) is 12.5 Å². The normalized spacial score (nSPS) is 19.7. The summed E-state index contributed by atoms with van der Waals surface area (Å²) in [5, 5.41) is 8.37. The Hall–Kier alpha value is -0.0800. The molecule has 1 heterocycles. The van der Waals surface area contributed by atoms with Gasteiger partial charge in [-0.3, -0.25) is 0 Å². The molecule has 2 heteroatoms. The molecule has 86 valence electrons. The van der Waals surface area contributed by atoms with Gasteiger partial charge >= 0.3 is 0 Å². The van der Waals surface area contributed by atoms with Crippen LogP contribution in [0.1, 0.15) is 46.5 Å². The quantitative estimate of drug-likeness (QED) is 0.762. The van der Waals surface area contributed by atoms with E-state index in [9.17, 15) is 0 Å². The second kappa shape index (κ2) is 9.47. The molecule has 0 aromatic heterocycles. The van der Waals surface area contributed by atoms with E-state index >= 15 is 0 Å². The van der Waals surface area contributed by atoms with Gasteiger partial charge in [0.05, 0.1) is 0 Å². The largest absolute Gasteiger partial charge is 0.396 e. The Bertz CT molecular complexity index is 106. The van der Waals surface area contributed by atoms with Crippen molar-refractivity contribution < 1.29 is 9.84 Å². The van der Waals surface area contributed by atoms with E-state index in [4.69, 9.17) is 9.84 Å². The van der Waals surface area contributed by atoms with Gasteiger partial charge in [-0.1, -0.05) is 27.2 Å². The first kappa shape index (κ1) is 13.9. The van der Waals surface area contributed by atoms with Crippen LogP contribution >= 0.6 is 0 Å². The van der Waals surface area contributed by atoms with Gasteiger partial charge in [0.25, 0.3) is 0 Å². The van der Waals surface area contributed by atoms with Gasteiger partial charge in [-0.2, -0.15) is 0 Å². The third-order valence-corrected chi connectivity index (χ3v) is 2.83. The lowest BCUT2D eigenvalue weighted by Gasteiger charge is -2.16. The molecule has 0 bridgehead atoms. The third-order valence-electron chi connectivity index (χ3n) is 2.83. The van der Waals surface area contributed by atoms with Crippen molar-refractivity contribution in [1.82, 2.24) is 0 Å². The van der Waals surface area contributed by atoms with E-state index < -0.39 is 0 Å². The van der Waals surface area contributed by atoms with Crippen molar-refractivity contribution >= 4 is 0 Å². The average molecular weight is 202 g/mol. The molecule has 0 aromatic rings. The minimum Gasteiger partial charge on any atom is -0.396 e. The zero-order valence-electron chi connectivity index (χ0n) is 9.96. The number of hydrogen-bond donors (Lipinski definition) is 1. The van der Waals surface area contributed by atoms with Gasteiger partial charge in [0.15, 0.2) is 0 Å². The predicted octanol–water partition coefficient (Wildman–Crippen LogP) is 2.85. The lowest BCUT2D eigenvalue weighted by atomic mass is 10.0. The molecule has 1 aliphatic heterocycles. The van der Waals surface area contributed by atoms with Gasteiger partial charge in [-0.15, -0.1) is 0 Å². The Morgan fingerprint density at radius 3 is 2.14 bits per heavy atom. The van der Waals surface area contributed by atoms with Gasteiger partial charge < -0.3 is 9.84 Å². The summed E-state index contributed by atoms with van der Waals surface area (Å²) in [6.45, 7) is 8.89. The SMILES string of the molecule is CC1CCOCC1.CCC(C)CCO. The van der Waals surface area contributed by atoms with Crippen LogP contribution in [0, 0.1) is 11.8 Å². The number of aliphatic hydroxyl groups excluding tert-OH is 1. The van der Waals surface area contributed by atoms with E-state index in [1.165, 1.54) is 19.3 Å². The van der Waals surface area contributed by atoms with E-state index in [1.54, 1.807) is 0 Å². The summed E-state index contributed by atoms with van der Waals surface area (Å²) in [6, 6.07) is 0. The van der Waals surface area contributed by atoms with Crippen molar-refractivity contribution in [2.75, 3.05) is 19.8 Å². The molecule has 14 heavy (non-hydrogen) atoms. The number of rotatable bonds is 3. The van der Waals surface area contributed by atoms with E-state index in [0.717, 1.165) is 25.6 Å². The standard InChI is InChI=1S/C6H12O.C6H14O/c1-6-2-4-7-5-3-6;1-3-6(2)4-5-7/h6H,2-5H2,1H3;6-7H,3-5H2,1-2H3. The maximum Gasteiger partial charge on any atom is 0.0468 e. The Kier molecular flexibility index (Phi) is 9.42. The zero-order chi connectivity index (χ0) is 10.8. The topological polar surface area (TPSA) is 29.5 Å². The first-order valence-electron chi connectivity index (χ1n) is 5.89. The van der Waals surface area contributed by atoms with Crippen LogP contribution in [-0.2, 0) is 4.74 Å². The van der Waals surface area contributed by atoms with Crippen LogP contribution in [0.5, 0.6) is 0 Å². The highest BCUT2D eigenvalue weighted by atomic mass is 16.5. The van der Waals surface area contributed by atoms with Crippen LogP contribution in [-0.4, -0.2) is 24.9 Å².